The van der Waals surface area contributed by atoms with E-state index in [1.165, 1.54) is 37.8 Å². The van der Waals surface area contributed by atoms with Crippen LogP contribution in [0.5, 0.6) is 0 Å². The number of carbonyl (C=O) groups excluding carboxylic acids is 1. The number of anilines is 1. The zero-order chi connectivity index (χ0) is 18.8. The van der Waals surface area contributed by atoms with Crippen LogP contribution in [0.3, 0.4) is 0 Å². The van der Waals surface area contributed by atoms with E-state index in [4.69, 9.17) is 4.74 Å². The molecule has 1 amide bonds. The topological polar surface area (TPSA) is 32.8 Å². The molecule has 26 heavy (non-hydrogen) atoms. The van der Waals surface area contributed by atoms with E-state index in [-0.39, 0.29) is 17.8 Å². The van der Waals surface area contributed by atoms with Crippen molar-refractivity contribution in [2.45, 2.75) is 58.0 Å². The van der Waals surface area contributed by atoms with Crippen LogP contribution in [0.2, 0.25) is 0 Å². The fourth-order valence-corrected chi connectivity index (χ4v) is 3.49. The number of benzene rings is 1. The quantitative estimate of drug-likeness (QED) is 0.582. The number of methoxy groups -OCH3 is 1. The number of halogens is 1. The Morgan fingerprint density at radius 1 is 1.08 bits per heavy atom. The zero-order valence-corrected chi connectivity index (χ0v) is 16.3. The number of rotatable bonds is 10. The van der Waals surface area contributed by atoms with Crippen molar-refractivity contribution >= 4 is 11.6 Å². The third-order valence-corrected chi connectivity index (χ3v) is 5.22. The van der Waals surface area contributed by atoms with Crippen molar-refractivity contribution in [3.8, 4) is 0 Å². The Balaban J connectivity index is 1.69. The van der Waals surface area contributed by atoms with Crippen LogP contribution in [-0.2, 0) is 9.53 Å². The molecule has 0 saturated carbocycles. The molecule has 1 saturated heterocycles. The van der Waals surface area contributed by atoms with Crippen molar-refractivity contribution in [2.24, 2.45) is 0 Å². The minimum Gasteiger partial charge on any atom is -0.381 e. The van der Waals surface area contributed by atoms with Crippen molar-refractivity contribution in [2.75, 3.05) is 38.2 Å². The van der Waals surface area contributed by atoms with Gasteiger partial charge in [0.05, 0.1) is 6.10 Å². The van der Waals surface area contributed by atoms with E-state index in [0.29, 0.717) is 6.42 Å². The molecular weight excluding hydrogens is 331 g/mol. The average Bonchev–Trinajstić information content (AvgIpc) is 2.68. The second-order valence-electron chi connectivity index (χ2n) is 7.09. The van der Waals surface area contributed by atoms with E-state index >= 15 is 0 Å². The SMILES string of the molecule is CCCCCCC(CCC(=O)N1CCN(c2ccc(F)cc2)CC1)OC. The molecular formula is C21H33FN2O2. The molecule has 1 aromatic rings. The van der Waals surface area contributed by atoms with Gasteiger partial charge in [0.1, 0.15) is 5.82 Å². The normalized spacial score (nSPS) is 16.0. The molecule has 1 aliphatic heterocycles. The molecule has 1 heterocycles. The Morgan fingerprint density at radius 2 is 1.77 bits per heavy atom. The van der Waals surface area contributed by atoms with Gasteiger partial charge in [0.2, 0.25) is 5.91 Å². The van der Waals surface area contributed by atoms with E-state index in [1.807, 2.05) is 4.90 Å². The predicted molar refractivity (Wildman–Crippen MR) is 104 cm³/mol. The summed E-state index contributed by atoms with van der Waals surface area (Å²) in [7, 11) is 1.75. The molecule has 0 N–H and O–H groups in total. The fraction of sp³-hybridized carbons (Fsp3) is 0.667. The standard InChI is InChI=1S/C21H33FN2O2/c1-3-4-5-6-7-20(26-2)12-13-21(25)24-16-14-23(15-17-24)19-10-8-18(22)9-11-19/h8-11,20H,3-7,12-17H2,1-2H3. The van der Waals surface area contributed by atoms with Gasteiger partial charge in [-0.3, -0.25) is 4.79 Å². The summed E-state index contributed by atoms with van der Waals surface area (Å²) >= 11 is 0. The van der Waals surface area contributed by atoms with Gasteiger partial charge in [0, 0.05) is 45.4 Å². The number of ether oxygens (including phenoxy) is 1. The van der Waals surface area contributed by atoms with Crippen LogP contribution in [-0.4, -0.2) is 50.2 Å². The van der Waals surface area contributed by atoms with Gasteiger partial charge in [-0.15, -0.1) is 0 Å². The van der Waals surface area contributed by atoms with Gasteiger partial charge < -0.3 is 14.5 Å². The van der Waals surface area contributed by atoms with Crippen LogP contribution < -0.4 is 4.90 Å². The molecule has 1 atom stereocenters. The van der Waals surface area contributed by atoms with Crippen molar-refractivity contribution < 1.29 is 13.9 Å². The Labute approximate surface area is 157 Å². The number of hydrogen-bond acceptors (Lipinski definition) is 3. The van der Waals surface area contributed by atoms with Gasteiger partial charge >= 0.3 is 0 Å². The molecule has 0 aromatic heterocycles. The van der Waals surface area contributed by atoms with Crippen molar-refractivity contribution in [1.82, 2.24) is 4.90 Å². The maximum absolute atomic E-state index is 13.0. The summed E-state index contributed by atoms with van der Waals surface area (Å²) in [5.41, 5.74) is 1.02. The summed E-state index contributed by atoms with van der Waals surface area (Å²) in [6.07, 6.45) is 7.53. The highest BCUT2D eigenvalue weighted by atomic mass is 19.1. The number of piperazine rings is 1. The lowest BCUT2D eigenvalue weighted by molar-refractivity contribution is -0.132. The van der Waals surface area contributed by atoms with Crippen LogP contribution in [0, 0.1) is 5.82 Å². The second-order valence-corrected chi connectivity index (χ2v) is 7.09. The molecule has 0 radical (unpaired) electrons. The molecule has 0 spiro atoms. The first-order chi connectivity index (χ1) is 12.6. The lowest BCUT2D eigenvalue weighted by atomic mass is 10.0. The lowest BCUT2D eigenvalue weighted by Crippen LogP contribution is -2.48. The molecule has 146 valence electrons. The summed E-state index contributed by atoms with van der Waals surface area (Å²) in [6.45, 7) is 5.25. The number of carbonyl (C=O) groups is 1. The summed E-state index contributed by atoms with van der Waals surface area (Å²) in [5, 5.41) is 0. The summed E-state index contributed by atoms with van der Waals surface area (Å²) in [5.74, 6) is 0.00400. The highest BCUT2D eigenvalue weighted by molar-refractivity contribution is 5.76. The molecule has 1 fully saturated rings. The lowest BCUT2D eigenvalue weighted by Gasteiger charge is -2.36. The molecule has 0 bridgehead atoms. The Kier molecular flexibility index (Phi) is 8.89. The average molecular weight is 365 g/mol. The molecule has 1 aliphatic rings. The fourth-order valence-electron chi connectivity index (χ4n) is 3.49. The largest absolute Gasteiger partial charge is 0.381 e. The van der Waals surface area contributed by atoms with Crippen LogP contribution in [0.15, 0.2) is 24.3 Å². The third kappa shape index (κ3) is 6.60. The predicted octanol–water partition coefficient (Wildman–Crippen LogP) is 4.24. The zero-order valence-electron chi connectivity index (χ0n) is 16.3. The second kappa shape index (κ2) is 11.2. The van der Waals surface area contributed by atoms with Gasteiger partial charge in [-0.25, -0.2) is 4.39 Å². The maximum atomic E-state index is 13.0. The molecule has 0 aliphatic carbocycles. The Hall–Kier alpha value is -1.62. The molecule has 1 unspecified atom stereocenters. The maximum Gasteiger partial charge on any atom is 0.222 e. The highest BCUT2D eigenvalue weighted by Gasteiger charge is 2.22. The Bertz CT molecular complexity index is 527. The third-order valence-electron chi connectivity index (χ3n) is 5.22. The number of nitrogens with zero attached hydrogens (tertiary/aromatic N) is 2. The van der Waals surface area contributed by atoms with Crippen LogP contribution in [0.4, 0.5) is 10.1 Å². The van der Waals surface area contributed by atoms with Crippen molar-refractivity contribution in [1.29, 1.82) is 0 Å². The van der Waals surface area contributed by atoms with Gasteiger partial charge in [-0.2, -0.15) is 0 Å². The monoisotopic (exact) mass is 364 g/mol. The summed E-state index contributed by atoms with van der Waals surface area (Å²) < 4.78 is 18.6. The Morgan fingerprint density at radius 3 is 2.38 bits per heavy atom. The van der Waals surface area contributed by atoms with Gasteiger partial charge in [-0.05, 0) is 37.1 Å². The first-order valence-corrected chi connectivity index (χ1v) is 9.95. The van der Waals surface area contributed by atoms with Crippen molar-refractivity contribution in [3.05, 3.63) is 30.1 Å². The first-order valence-electron chi connectivity index (χ1n) is 9.95. The van der Waals surface area contributed by atoms with Gasteiger partial charge in [0.25, 0.3) is 0 Å². The van der Waals surface area contributed by atoms with Crippen molar-refractivity contribution in [3.63, 3.8) is 0 Å². The highest BCUT2D eigenvalue weighted by Crippen LogP contribution is 2.18. The van der Waals surface area contributed by atoms with Gasteiger partial charge in [0.15, 0.2) is 0 Å². The molecule has 1 aromatic carbocycles. The van der Waals surface area contributed by atoms with E-state index < -0.39 is 0 Å². The minimum absolute atomic E-state index is 0.191. The van der Waals surface area contributed by atoms with Crippen LogP contribution >= 0.6 is 0 Å². The number of hydrogen-bond donors (Lipinski definition) is 0. The van der Waals surface area contributed by atoms with E-state index in [2.05, 4.69) is 11.8 Å². The summed E-state index contributed by atoms with van der Waals surface area (Å²) in [4.78, 5) is 16.6. The summed E-state index contributed by atoms with van der Waals surface area (Å²) in [6, 6.07) is 6.57. The molecule has 2 rings (SSSR count). The van der Waals surface area contributed by atoms with Gasteiger partial charge in [-0.1, -0.05) is 32.6 Å². The van der Waals surface area contributed by atoms with E-state index in [0.717, 1.165) is 44.7 Å². The smallest absolute Gasteiger partial charge is 0.222 e. The molecule has 5 heteroatoms. The molecule has 4 nitrogen and oxygen atoms in total. The number of amides is 1. The minimum atomic E-state index is -0.218. The van der Waals surface area contributed by atoms with E-state index in [9.17, 15) is 9.18 Å². The van der Waals surface area contributed by atoms with Crippen LogP contribution in [0.25, 0.3) is 0 Å². The first kappa shape index (κ1) is 20.7. The van der Waals surface area contributed by atoms with E-state index in [1.54, 1.807) is 19.2 Å². The van der Waals surface area contributed by atoms with Crippen LogP contribution in [0.1, 0.15) is 51.9 Å². The number of unbranched alkanes of at least 4 members (excludes halogenated alkanes) is 3.